The quantitative estimate of drug-likeness (QED) is 0.0176. The molecule has 0 saturated carbocycles. The lowest BCUT2D eigenvalue weighted by molar-refractivity contribution is -0.332. The monoisotopic (exact) mass is 977 g/mol. The summed E-state index contributed by atoms with van der Waals surface area (Å²) in [6.07, 6.45) is 36.5. The molecule has 69 heavy (non-hydrogen) atoms. The molecule has 2 rings (SSSR count). The maximum atomic E-state index is 13.0. The van der Waals surface area contributed by atoms with Crippen LogP contribution < -0.4 is 0 Å². The minimum absolute atomic E-state index is 0.0296. The molecule has 0 radical (unpaired) electrons. The van der Waals surface area contributed by atoms with E-state index in [2.05, 4.69) is 92.8 Å². The molecule has 0 bridgehead atoms. The van der Waals surface area contributed by atoms with E-state index in [4.69, 9.17) is 28.4 Å². The normalized spacial score (nSPS) is 26.4. The largest absolute Gasteiger partial charge is 0.457 e. The van der Waals surface area contributed by atoms with Crippen LogP contribution >= 0.6 is 0 Å². The van der Waals surface area contributed by atoms with E-state index in [1.807, 2.05) is 6.08 Å². The number of carbonyl (C=O) groups excluding carboxylic acids is 1. The van der Waals surface area contributed by atoms with Gasteiger partial charge in [0.2, 0.25) is 0 Å². The SMILES string of the molecule is CC/C=C\C/C=C\C/C=C\C/C=C\C/C=C\CCCC(=O)OC(COCCCCCCCCCC/C=C\C/C=C\CCCCC)COC1OC(COC2OC(CO)C(O)C(O)C2O)C(O)C(O)C1O. The van der Waals surface area contributed by atoms with Gasteiger partial charge in [0.05, 0.1) is 26.4 Å². The van der Waals surface area contributed by atoms with Crippen molar-refractivity contribution in [1.82, 2.24) is 0 Å². The second-order valence-corrected chi connectivity index (χ2v) is 18.0. The number of hydrogen-bond donors (Lipinski definition) is 7. The van der Waals surface area contributed by atoms with Crippen molar-refractivity contribution in [2.45, 2.75) is 223 Å². The zero-order valence-electron chi connectivity index (χ0n) is 42.0. The van der Waals surface area contributed by atoms with Crippen LogP contribution in [0.2, 0.25) is 0 Å². The van der Waals surface area contributed by atoms with Crippen LogP contribution in [0.4, 0.5) is 0 Å². The molecule has 7 N–H and O–H groups in total. The Balaban J connectivity index is 1.80. The van der Waals surface area contributed by atoms with Gasteiger partial charge in [0, 0.05) is 13.0 Å². The summed E-state index contributed by atoms with van der Waals surface area (Å²) in [6.45, 7) is 3.44. The highest BCUT2D eigenvalue weighted by Crippen LogP contribution is 2.26. The number of hydrogen-bond acceptors (Lipinski definition) is 14. The molecule has 0 amide bonds. The van der Waals surface area contributed by atoms with Crippen LogP contribution in [0.3, 0.4) is 0 Å². The van der Waals surface area contributed by atoms with Gasteiger partial charge in [-0.15, -0.1) is 0 Å². The van der Waals surface area contributed by atoms with Gasteiger partial charge in [0.1, 0.15) is 54.9 Å². The molecule has 11 unspecified atom stereocenters. The van der Waals surface area contributed by atoms with Crippen LogP contribution in [0.15, 0.2) is 85.1 Å². The second kappa shape index (κ2) is 41.8. The average Bonchev–Trinajstić information content (AvgIpc) is 3.35. The highest BCUT2D eigenvalue weighted by Gasteiger charge is 2.47. The summed E-state index contributed by atoms with van der Waals surface area (Å²) in [5.74, 6) is -0.438. The summed E-state index contributed by atoms with van der Waals surface area (Å²) in [5.41, 5.74) is 0. The number of unbranched alkanes of at least 4 members (excludes halogenated alkanes) is 12. The summed E-state index contributed by atoms with van der Waals surface area (Å²) in [7, 11) is 0. The molecule has 14 nitrogen and oxygen atoms in total. The lowest BCUT2D eigenvalue weighted by atomic mass is 9.98. The van der Waals surface area contributed by atoms with Gasteiger partial charge in [-0.2, -0.15) is 0 Å². The summed E-state index contributed by atoms with van der Waals surface area (Å²) < 4.78 is 34.2. The Hall–Kier alpha value is -2.83. The first-order chi connectivity index (χ1) is 33.6. The molecule has 396 valence electrons. The number of aliphatic hydroxyl groups is 7. The summed E-state index contributed by atoms with van der Waals surface area (Å²) in [6, 6.07) is 0. The number of ether oxygens (including phenoxy) is 6. The fraction of sp³-hybridized carbons (Fsp3) is 0.727. The minimum atomic E-state index is -1.72. The highest BCUT2D eigenvalue weighted by molar-refractivity contribution is 5.69. The highest BCUT2D eigenvalue weighted by atomic mass is 16.7. The molecule has 0 aromatic carbocycles. The van der Waals surface area contributed by atoms with Crippen LogP contribution in [-0.2, 0) is 33.2 Å². The minimum Gasteiger partial charge on any atom is -0.457 e. The van der Waals surface area contributed by atoms with Crippen LogP contribution in [0.1, 0.15) is 155 Å². The van der Waals surface area contributed by atoms with E-state index in [9.17, 15) is 40.5 Å². The van der Waals surface area contributed by atoms with Gasteiger partial charge in [0.15, 0.2) is 12.6 Å². The Labute approximate surface area is 414 Å². The lowest BCUT2D eigenvalue weighted by Gasteiger charge is -2.42. The Morgan fingerprint density at radius 1 is 0.493 bits per heavy atom. The third-order valence-electron chi connectivity index (χ3n) is 11.9. The van der Waals surface area contributed by atoms with Crippen molar-refractivity contribution in [3.8, 4) is 0 Å². The van der Waals surface area contributed by atoms with E-state index in [1.54, 1.807) is 0 Å². The Kier molecular flexibility index (Phi) is 37.7. The number of aliphatic hydroxyl groups excluding tert-OH is 7. The van der Waals surface area contributed by atoms with Gasteiger partial charge in [-0.25, -0.2) is 0 Å². The maximum absolute atomic E-state index is 13.0. The molecule has 14 heteroatoms. The van der Waals surface area contributed by atoms with Crippen LogP contribution in [0.25, 0.3) is 0 Å². The van der Waals surface area contributed by atoms with E-state index in [0.29, 0.717) is 19.4 Å². The van der Waals surface area contributed by atoms with Crippen molar-refractivity contribution in [2.24, 2.45) is 0 Å². The maximum Gasteiger partial charge on any atom is 0.306 e. The van der Waals surface area contributed by atoms with Crippen molar-refractivity contribution in [3.63, 3.8) is 0 Å². The van der Waals surface area contributed by atoms with Crippen LogP contribution in [-0.4, -0.2) is 142 Å². The molecule has 0 aliphatic carbocycles. The molecule has 0 spiro atoms. The molecule has 11 atom stereocenters. The first-order valence-electron chi connectivity index (χ1n) is 26.2. The summed E-state index contributed by atoms with van der Waals surface area (Å²) in [5, 5.41) is 72.2. The lowest BCUT2D eigenvalue weighted by Crippen LogP contribution is -2.61. The molecule has 2 heterocycles. The number of allylic oxidation sites excluding steroid dienone is 14. The predicted molar refractivity (Wildman–Crippen MR) is 270 cm³/mol. The number of esters is 1. The van der Waals surface area contributed by atoms with Crippen molar-refractivity contribution in [3.05, 3.63) is 85.1 Å². The van der Waals surface area contributed by atoms with Gasteiger partial charge >= 0.3 is 5.97 Å². The number of rotatable bonds is 40. The predicted octanol–water partition coefficient (Wildman–Crippen LogP) is 8.07. The molecular weight excluding hydrogens is 885 g/mol. The topological polar surface area (TPSA) is 214 Å². The smallest absolute Gasteiger partial charge is 0.306 e. The van der Waals surface area contributed by atoms with Gasteiger partial charge < -0.3 is 64.2 Å². The van der Waals surface area contributed by atoms with Crippen molar-refractivity contribution in [1.29, 1.82) is 0 Å². The Bertz CT molecular complexity index is 1460. The van der Waals surface area contributed by atoms with Gasteiger partial charge in [0.25, 0.3) is 0 Å². The van der Waals surface area contributed by atoms with E-state index in [0.717, 1.165) is 64.2 Å². The van der Waals surface area contributed by atoms with Crippen LogP contribution in [0.5, 0.6) is 0 Å². The molecular formula is C55H92O14. The standard InChI is InChI=1S/C55H92O14/c1-3-5-7-9-11-13-15-17-19-21-23-25-27-29-31-33-35-37-39-64-41-44(67-47(57)38-36-34-32-30-28-26-24-22-20-18-16-14-12-10-8-6-4-2)42-65-54-53(63)51(61)49(59)46(69-54)43-66-55-52(62)50(60)48(58)45(40-56)68-55/h6,8,11-14,17-20,24,26,30,32,44-46,48-56,58-63H,3-5,7,9-10,15-16,21-23,25,27-29,31,33-43H2,1-2H3/b8-6-,13-11-,14-12-,19-17-,20-18-,26-24-,32-30-. The molecule has 2 aliphatic rings. The molecule has 0 aromatic heterocycles. The van der Waals surface area contributed by atoms with E-state index in [1.165, 1.54) is 57.8 Å². The molecule has 2 saturated heterocycles. The van der Waals surface area contributed by atoms with Crippen molar-refractivity contribution >= 4 is 5.97 Å². The van der Waals surface area contributed by atoms with Crippen molar-refractivity contribution < 1.29 is 69.0 Å². The Morgan fingerprint density at radius 2 is 0.942 bits per heavy atom. The second-order valence-electron chi connectivity index (χ2n) is 18.0. The molecule has 2 aliphatic heterocycles. The van der Waals surface area contributed by atoms with E-state index in [-0.39, 0.29) is 19.6 Å². The van der Waals surface area contributed by atoms with Crippen molar-refractivity contribution in [2.75, 3.05) is 33.0 Å². The third-order valence-corrected chi connectivity index (χ3v) is 11.9. The van der Waals surface area contributed by atoms with E-state index >= 15 is 0 Å². The zero-order valence-corrected chi connectivity index (χ0v) is 42.0. The third kappa shape index (κ3) is 29.3. The molecule has 2 fully saturated rings. The van der Waals surface area contributed by atoms with Gasteiger partial charge in [-0.3, -0.25) is 4.79 Å². The first-order valence-corrected chi connectivity index (χ1v) is 26.2. The average molecular weight is 977 g/mol. The van der Waals surface area contributed by atoms with Gasteiger partial charge in [-0.1, -0.05) is 150 Å². The Morgan fingerprint density at radius 3 is 1.48 bits per heavy atom. The summed E-state index contributed by atoms with van der Waals surface area (Å²) in [4.78, 5) is 13.0. The number of carbonyl (C=O) groups is 1. The fourth-order valence-corrected chi connectivity index (χ4v) is 7.64. The molecule has 0 aromatic rings. The van der Waals surface area contributed by atoms with E-state index < -0.39 is 86.7 Å². The van der Waals surface area contributed by atoms with Crippen LogP contribution in [0, 0.1) is 0 Å². The van der Waals surface area contributed by atoms with Gasteiger partial charge in [-0.05, 0) is 83.5 Å². The summed E-state index contributed by atoms with van der Waals surface area (Å²) >= 11 is 0. The zero-order chi connectivity index (χ0) is 50.2. The first kappa shape index (κ1) is 62.3. The fourth-order valence-electron chi connectivity index (χ4n) is 7.64.